The van der Waals surface area contributed by atoms with E-state index < -0.39 is 0 Å². The number of hydrogen-bond donors (Lipinski definition) is 2. The number of halogens is 1. The lowest BCUT2D eigenvalue weighted by atomic mass is 9.94. The van der Waals surface area contributed by atoms with Crippen molar-refractivity contribution in [2.75, 3.05) is 18.4 Å². The minimum atomic E-state index is -0.0356. The maximum atomic E-state index is 11.0. The summed E-state index contributed by atoms with van der Waals surface area (Å²) in [5.41, 5.74) is 8.16. The van der Waals surface area contributed by atoms with Crippen LogP contribution in [0.4, 0.5) is 5.69 Å². The van der Waals surface area contributed by atoms with Crippen molar-refractivity contribution in [2.45, 2.75) is 32.9 Å². The summed E-state index contributed by atoms with van der Waals surface area (Å²) in [6.45, 7) is 6.83. The third-order valence-electron chi connectivity index (χ3n) is 3.74. The van der Waals surface area contributed by atoms with Gasteiger partial charge in [0.15, 0.2) is 0 Å². The maximum Gasteiger partial charge on any atom is 0.221 e. The zero-order chi connectivity index (χ0) is 13.8. The van der Waals surface area contributed by atoms with Gasteiger partial charge in [0, 0.05) is 31.7 Å². The molecule has 1 aromatic rings. The van der Waals surface area contributed by atoms with Crippen LogP contribution in [0.3, 0.4) is 0 Å². The number of carbonyl (C=O) groups excluding carboxylic acids is 1. The normalized spacial score (nSPS) is 22.9. The molecule has 1 amide bonds. The molecule has 0 radical (unpaired) electrons. The van der Waals surface area contributed by atoms with E-state index in [2.05, 4.69) is 29.3 Å². The van der Waals surface area contributed by atoms with Crippen LogP contribution in [-0.2, 0) is 11.3 Å². The zero-order valence-corrected chi connectivity index (χ0v) is 13.0. The third kappa shape index (κ3) is 4.78. The molecular formula is C15H24ClN3O. The quantitative estimate of drug-likeness (QED) is 0.899. The molecule has 0 bridgehead atoms. The van der Waals surface area contributed by atoms with E-state index in [1.165, 1.54) is 12.5 Å². The van der Waals surface area contributed by atoms with Gasteiger partial charge in [-0.25, -0.2) is 0 Å². The Bertz CT molecular complexity index is 435. The summed E-state index contributed by atoms with van der Waals surface area (Å²) in [5, 5.41) is 2.78. The molecule has 2 atom stereocenters. The fraction of sp³-hybridized carbons (Fsp3) is 0.533. The van der Waals surface area contributed by atoms with Gasteiger partial charge in [-0.05, 0) is 36.6 Å². The molecule has 20 heavy (non-hydrogen) atoms. The van der Waals surface area contributed by atoms with Crippen LogP contribution in [0.25, 0.3) is 0 Å². The first kappa shape index (κ1) is 17.0. The molecule has 5 heteroatoms. The van der Waals surface area contributed by atoms with Crippen LogP contribution in [0.5, 0.6) is 0 Å². The zero-order valence-electron chi connectivity index (χ0n) is 12.1. The smallest absolute Gasteiger partial charge is 0.221 e. The van der Waals surface area contributed by atoms with E-state index in [1.54, 1.807) is 0 Å². The first-order valence-corrected chi connectivity index (χ1v) is 6.89. The van der Waals surface area contributed by atoms with Crippen LogP contribution in [0.1, 0.15) is 25.8 Å². The molecule has 0 saturated carbocycles. The van der Waals surface area contributed by atoms with Gasteiger partial charge in [-0.15, -0.1) is 12.4 Å². The Morgan fingerprint density at radius 1 is 1.40 bits per heavy atom. The van der Waals surface area contributed by atoms with Gasteiger partial charge < -0.3 is 11.1 Å². The number of amides is 1. The minimum Gasteiger partial charge on any atom is -0.327 e. The molecule has 1 aliphatic heterocycles. The number of nitrogens with zero attached hydrogens (tertiary/aromatic N) is 1. The largest absolute Gasteiger partial charge is 0.327 e. The Hall–Kier alpha value is -1.10. The maximum absolute atomic E-state index is 11.0. The van der Waals surface area contributed by atoms with Crippen molar-refractivity contribution >= 4 is 24.0 Å². The van der Waals surface area contributed by atoms with Crippen molar-refractivity contribution in [2.24, 2.45) is 11.7 Å². The molecule has 1 aliphatic rings. The summed E-state index contributed by atoms with van der Waals surface area (Å²) in [6.07, 6.45) is 1.07. The van der Waals surface area contributed by atoms with E-state index >= 15 is 0 Å². The van der Waals surface area contributed by atoms with Crippen LogP contribution in [-0.4, -0.2) is 29.9 Å². The summed E-state index contributed by atoms with van der Waals surface area (Å²) in [4.78, 5) is 13.4. The predicted molar refractivity (Wildman–Crippen MR) is 85.0 cm³/mol. The van der Waals surface area contributed by atoms with Gasteiger partial charge in [-0.1, -0.05) is 19.1 Å². The number of piperidine rings is 1. The third-order valence-corrected chi connectivity index (χ3v) is 3.74. The molecule has 0 aliphatic carbocycles. The Labute approximate surface area is 127 Å². The lowest BCUT2D eigenvalue weighted by Crippen LogP contribution is -2.45. The highest BCUT2D eigenvalue weighted by Gasteiger charge is 2.22. The standard InChI is InChI=1S/C15H23N3O.ClH/c1-11-9-18(8-7-15(11)16)10-13-3-5-14(6-4-13)17-12(2)19;/h3-6,11,15H,7-10,16H2,1-2H3,(H,17,19);1H. The van der Waals surface area contributed by atoms with Crippen LogP contribution in [0.2, 0.25) is 0 Å². The lowest BCUT2D eigenvalue weighted by Gasteiger charge is -2.35. The highest BCUT2D eigenvalue weighted by atomic mass is 35.5. The molecule has 1 heterocycles. The number of likely N-dealkylation sites (tertiary alicyclic amines) is 1. The summed E-state index contributed by atoms with van der Waals surface area (Å²) in [6, 6.07) is 8.40. The molecule has 1 fully saturated rings. The second-order valence-corrected chi connectivity index (χ2v) is 5.54. The monoisotopic (exact) mass is 297 g/mol. The molecule has 4 nitrogen and oxygen atoms in total. The van der Waals surface area contributed by atoms with Crippen LogP contribution < -0.4 is 11.1 Å². The molecule has 0 aromatic heterocycles. The van der Waals surface area contributed by atoms with Crippen molar-refractivity contribution in [1.29, 1.82) is 0 Å². The molecule has 0 spiro atoms. The number of rotatable bonds is 3. The number of carbonyl (C=O) groups is 1. The van der Waals surface area contributed by atoms with Gasteiger partial charge in [-0.2, -0.15) is 0 Å². The first-order valence-electron chi connectivity index (χ1n) is 6.89. The summed E-state index contributed by atoms with van der Waals surface area (Å²) in [5.74, 6) is 0.527. The molecule has 112 valence electrons. The van der Waals surface area contributed by atoms with Gasteiger partial charge in [0.25, 0.3) is 0 Å². The fourth-order valence-electron chi connectivity index (χ4n) is 2.55. The van der Waals surface area contributed by atoms with Crippen LogP contribution in [0, 0.1) is 5.92 Å². The lowest BCUT2D eigenvalue weighted by molar-refractivity contribution is -0.114. The number of nitrogens with two attached hydrogens (primary N) is 1. The van der Waals surface area contributed by atoms with E-state index in [0.717, 1.165) is 31.7 Å². The minimum absolute atomic E-state index is 0. The van der Waals surface area contributed by atoms with Gasteiger partial charge in [0.1, 0.15) is 0 Å². The van der Waals surface area contributed by atoms with Crippen molar-refractivity contribution in [3.05, 3.63) is 29.8 Å². The Morgan fingerprint density at radius 3 is 2.60 bits per heavy atom. The molecular weight excluding hydrogens is 274 g/mol. The van der Waals surface area contributed by atoms with Gasteiger partial charge in [0.05, 0.1) is 0 Å². The van der Waals surface area contributed by atoms with Crippen molar-refractivity contribution in [1.82, 2.24) is 4.90 Å². The summed E-state index contributed by atoms with van der Waals surface area (Å²) >= 11 is 0. The molecule has 1 aromatic carbocycles. The van der Waals surface area contributed by atoms with E-state index in [1.807, 2.05) is 12.1 Å². The topological polar surface area (TPSA) is 58.4 Å². The Morgan fingerprint density at radius 2 is 2.05 bits per heavy atom. The number of nitrogens with one attached hydrogen (secondary N) is 1. The number of benzene rings is 1. The molecule has 2 rings (SSSR count). The van der Waals surface area contributed by atoms with E-state index in [-0.39, 0.29) is 18.3 Å². The second kappa shape index (κ2) is 7.62. The second-order valence-electron chi connectivity index (χ2n) is 5.54. The number of anilines is 1. The molecule has 3 N–H and O–H groups in total. The van der Waals surface area contributed by atoms with Crippen molar-refractivity contribution < 1.29 is 4.79 Å². The summed E-state index contributed by atoms with van der Waals surface area (Å²) < 4.78 is 0. The fourth-order valence-corrected chi connectivity index (χ4v) is 2.55. The molecule has 1 saturated heterocycles. The first-order chi connectivity index (χ1) is 9.04. The van der Waals surface area contributed by atoms with E-state index in [9.17, 15) is 4.79 Å². The van der Waals surface area contributed by atoms with Crippen molar-refractivity contribution in [3.8, 4) is 0 Å². The molecule has 2 unspecified atom stereocenters. The van der Waals surface area contributed by atoms with Gasteiger partial charge in [0.2, 0.25) is 5.91 Å². The SMILES string of the molecule is CC(=O)Nc1ccc(CN2CCC(N)C(C)C2)cc1.Cl. The van der Waals surface area contributed by atoms with Gasteiger partial charge in [-0.3, -0.25) is 9.69 Å². The number of hydrogen-bond acceptors (Lipinski definition) is 3. The van der Waals surface area contributed by atoms with E-state index in [0.29, 0.717) is 12.0 Å². The van der Waals surface area contributed by atoms with E-state index in [4.69, 9.17) is 5.73 Å². The van der Waals surface area contributed by atoms with Gasteiger partial charge >= 0.3 is 0 Å². The highest BCUT2D eigenvalue weighted by molar-refractivity contribution is 5.88. The highest BCUT2D eigenvalue weighted by Crippen LogP contribution is 2.18. The summed E-state index contributed by atoms with van der Waals surface area (Å²) in [7, 11) is 0. The predicted octanol–water partition coefficient (Wildman–Crippen LogP) is 2.24. The Kier molecular flexibility index (Phi) is 6.46. The Balaban J connectivity index is 0.00000200. The van der Waals surface area contributed by atoms with Crippen molar-refractivity contribution in [3.63, 3.8) is 0 Å². The average Bonchev–Trinajstić information content (AvgIpc) is 2.36. The van der Waals surface area contributed by atoms with Crippen LogP contribution >= 0.6 is 12.4 Å². The average molecular weight is 298 g/mol. The van der Waals surface area contributed by atoms with Crippen LogP contribution in [0.15, 0.2) is 24.3 Å².